The minimum absolute atomic E-state index is 0.0216. The molecule has 0 saturated heterocycles. The Morgan fingerprint density at radius 2 is 2.08 bits per heavy atom. The van der Waals surface area contributed by atoms with Gasteiger partial charge in [0, 0.05) is 42.8 Å². The number of hydrogen-bond acceptors (Lipinski definition) is 4. The number of anilines is 1. The summed E-state index contributed by atoms with van der Waals surface area (Å²) in [6.45, 7) is 0. The van der Waals surface area contributed by atoms with Gasteiger partial charge >= 0.3 is 0 Å². The van der Waals surface area contributed by atoms with Gasteiger partial charge in [0.15, 0.2) is 0 Å². The molecule has 7 nitrogen and oxygen atoms in total. The van der Waals surface area contributed by atoms with Crippen molar-refractivity contribution in [3.8, 4) is 5.69 Å². The van der Waals surface area contributed by atoms with Crippen molar-refractivity contribution >= 4 is 11.6 Å². The Morgan fingerprint density at radius 3 is 2.81 bits per heavy atom. The minimum Gasteiger partial charge on any atom is -0.326 e. The lowest BCUT2D eigenvalue weighted by molar-refractivity contribution is -0.120. The molecular formula is C19H19N5O2. The molecule has 1 N–H and O–H groups in total. The average molecular weight is 349 g/mol. The Balaban J connectivity index is 1.45. The molecule has 0 spiro atoms. The van der Waals surface area contributed by atoms with E-state index in [0.29, 0.717) is 12.8 Å². The first-order valence-electron chi connectivity index (χ1n) is 8.55. The van der Waals surface area contributed by atoms with E-state index in [1.165, 1.54) is 4.68 Å². The minimum atomic E-state index is -0.148. The van der Waals surface area contributed by atoms with Gasteiger partial charge in [-0.2, -0.15) is 5.10 Å². The fourth-order valence-corrected chi connectivity index (χ4v) is 3.28. The van der Waals surface area contributed by atoms with E-state index in [4.69, 9.17) is 0 Å². The van der Waals surface area contributed by atoms with Gasteiger partial charge in [-0.3, -0.25) is 9.59 Å². The third-order valence-corrected chi connectivity index (χ3v) is 4.76. The summed E-state index contributed by atoms with van der Waals surface area (Å²) in [5.41, 5.74) is 3.40. The SMILES string of the molecule is Cn1nc2c(cc1=O)C[C@@H](C(=O)Nc1ccc(-n3ccnc3)cc1)CC2. The van der Waals surface area contributed by atoms with E-state index >= 15 is 0 Å². The van der Waals surface area contributed by atoms with Crippen molar-refractivity contribution in [2.75, 3.05) is 5.32 Å². The normalized spacial score (nSPS) is 16.1. The van der Waals surface area contributed by atoms with Crippen LogP contribution in [0.25, 0.3) is 5.69 Å². The standard InChI is InChI=1S/C19H19N5O2/c1-23-18(25)11-14-10-13(2-7-17(14)22-23)19(26)21-15-3-5-16(6-4-15)24-9-8-20-12-24/h3-6,8-9,11-13H,2,7,10H2,1H3,(H,21,26)/t13-/m0/s1. The van der Waals surface area contributed by atoms with Crippen molar-refractivity contribution in [3.63, 3.8) is 0 Å². The fourth-order valence-electron chi connectivity index (χ4n) is 3.28. The summed E-state index contributed by atoms with van der Waals surface area (Å²) in [5, 5.41) is 7.26. The molecule has 132 valence electrons. The molecule has 1 atom stereocenters. The predicted molar refractivity (Wildman–Crippen MR) is 97.2 cm³/mol. The Hall–Kier alpha value is -3.22. The number of benzene rings is 1. The number of carbonyl (C=O) groups is 1. The van der Waals surface area contributed by atoms with Crippen molar-refractivity contribution in [2.24, 2.45) is 13.0 Å². The maximum atomic E-state index is 12.6. The van der Waals surface area contributed by atoms with Gasteiger partial charge in [0.1, 0.15) is 0 Å². The van der Waals surface area contributed by atoms with Crippen LogP contribution in [0.3, 0.4) is 0 Å². The highest BCUT2D eigenvalue weighted by molar-refractivity contribution is 5.93. The Bertz CT molecular complexity index is 990. The number of fused-ring (bicyclic) bond motifs is 1. The van der Waals surface area contributed by atoms with Crippen molar-refractivity contribution in [2.45, 2.75) is 19.3 Å². The van der Waals surface area contributed by atoms with Crippen molar-refractivity contribution in [3.05, 3.63) is 70.7 Å². The third-order valence-electron chi connectivity index (χ3n) is 4.76. The number of nitrogens with zero attached hydrogens (tertiary/aromatic N) is 4. The first kappa shape index (κ1) is 16.3. The average Bonchev–Trinajstić information content (AvgIpc) is 3.17. The number of amides is 1. The first-order valence-corrected chi connectivity index (χ1v) is 8.55. The molecule has 1 aromatic carbocycles. The molecule has 1 amide bonds. The van der Waals surface area contributed by atoms with Gasteiger partial charge < -0.3 is 9.88 Å². The molecule has 0 bridgehead atoms. The van der Waals surface area contributed by atoms with Crippen molar-refractivity contribution < 1.29 is 4.79 Å². The van der Waals surface area contributed by atoms with E-state index in [9.17, 15) is 9.59 Å². The highest BCUT2D eigenvalue weighted by atomic mass is 16.2. The van der Waals surface area contributed by atoms with E-state index in [-0.39, 0.29) is 17.4 Å². The Morgan fingerprint density at radius 1 is 1.27 bits per heavy atom. The van der Waals surface area contributed by atoms with Gasteiger partial charge in [-0.1, -0.05) is 0 Å². The monoisotopic (exact) mass is 349 g/mol. The molecule has 3 aromatic rings. The molecule has 0 unspecified atom stereocenters. The molecule has 2 heterocycles. The zero-order valence-corrected chi connectivity index (χ0v) is 14.4. The van der Waals surface area contributed by atoms with Crippen LogP contribution in [0.4, 0.5) is 5.69 Å². The van der Waals surface area contributed by atoms with Crippen LogP contribution in [-0.2, 0) is 24.7 Å². The molecule has 7 heteroatoms. The van der Waals surface area contributed by atoms with Gasteiger partial charge in [-0.25, -0.2) is 9.67 Å². The van der Waals surface area contributed by atoms with E-state index in [0.717, 1.165) is 29.1 Å². The Kier molecular flexibility index (Phi) is 4.12. The second-order valence-corrected chi connectivity index (χ2v) is 6.52. The zero-order valence-electron chi connectivity index (χ0n) is 14.4. The van der Waals surface area contributed by atoms with Gasteiger partial charge in [-0.15, -0.1) is 0 Å². The molecule has 0 saturated carbocycles. The van der Waals surface area contributed by atoms with Crippen LogP contribution in [0.15, 0.2) is 53.8 Å². The quantitative estimate of drug-likeness (QED) is 0.780. The van der Waals surface area contributed by atoms with E-state index < -0.39 is 0 Å². The van der Waals surface area contributed by atoms with Gasteiger partial charge in [0.2, 0.25) is 5.91 Å². The van der Waals surface area contributed by atoms with Crippen LogP contribution in [0.1, 0.15) is 17.7 Å². The summed E-state index contributed by atoms with van der Waals surface area (Å²) in [6.07, 6.45) is 7.31. The number of aromatic nitrogens is 4. The summed E-state index contributed by atoms with van der Waals surface area (Å²) >= 11 is 0. The van der Waals surface area contributed by atoms with Crippen LogP contribution in [-0.4, -0.2) is 25.2 Å². The van der Waals surface area contributed by atoms with Crippen LogP contribution < -0.4 is 10.9 Å². The molecule has 0 fully saturated rings. The smallest absolute Gasteiger partial charge is 0.266 e. The number of rotatable bonds is 3. The molecule has 26 heavy (non-hydrogen) atoms. The summed E-state index contributed by atoms with van der Waals surface area (Å²) in [7, 11) is 1.65. The van der Waals surface area contributed by atoms with Gasteiger partial charge in [0.25, 0.3) is 5.56 Å². The van der Waals surface area contributed by atoms with Crippen LogP contribution in [0, 0.1) is 5.92 Å². The lowest BCUT2D eigenvalue weighted by atomic mass is 9.86. The van der Waals surface area contributed by atoms with Crippen molar-refractivity contribution in [1.82, 2.24) is 19.3 Å². The second kappa shape index (κ2) is 6.59. The predicted octanol–water partition coefficient (Wildman–Crippen LogP) is 1.71. The maximum absolute atomic E-state index is 12.6. The number of carbonyl (C=O) groups excluding carboxylic acids is 1. The summed E-state index contributed by atoms with van der Waals surface area (Å²) in [4.78, 5) is 28.4. The third kappa shape index (κ3) is 3.15. The van der Waals surface area contributed by atoms with Gasteiger partial charge in [0.05, 0.1) is 12.0 Å². The van der Waals surface area contributed by atoms with E-state index in [1.807, 2.05) is 35.0 Å². The van der Waals surface area contributed by atoms with Crippen LogP contribution >= 0.6 is 0 Å². The fraction of sp³-hybridized carbons (Fsp3) is 0.263. The first-order chi connectivity index (χ1) is 12.6. The van der Waals surface area contributed by atoms with Crippen molar-refractivity contribution in [1.29, 1.82) is 0 Å². The zero-order chi connectivity index (χ0) is 18.1. The molecule has 4 rings (SSSR count). The number of hydrogen-bond donors (Lipinski definition) is 1. The lowest BCUT2D eigenvalue weighted by Crippen LogP contribution is -2.31. The maximum Gasteiger partial charge on any atom is 0.266 e. The van der Waals surface area contributed by atoms with E-state index in [2.05, 4.69) is 15.4 Å². The summed E-state index contributed by atoms with van der Waals surface area (Å²) < 4.78 is 3.25. The highest BCUT2D eigenvalue weighted by Crippen LogP contribution is 2.24. The number of nitrogens with one attached hydrogen (secondary N) is 1. The van der Waals surface area contributed by atoms with Crippen LogP contribution in [0.5, 0.6) is 0 Å². The van der Waals surface area contributed by atoms with Crippen LogP contribution in [0.2, 0.25) is 0 Å². The number of aryl methyl sites for hydroxylation is 2. The van der Waals surface area contributed by atoms with Gasteiger partial charge in [-0.05, 0) is 49.1 Å². The second-order valence-electron chi connectivity index (χ2n) is 6.52. The lowest BCUT2D eigenvalue weighted by Gasteiger charge is -2.23. The Labute approximate surface area is 150 Å². The summed E-state index contributed by atoms with van der Waals surface area (Å²) in [5.74, 6) is -0.170. The molecule has 1 aliphatic carbocycles. The molecule has 2 aromatic heterocycles. The molecular weight excluding hydrogens is 330 g/mol. The molecule has 0 radical (unpaired) electrons. The van der Waals surface area contributed by atoms with E-state index in [1.54, 1.807) is 25.6 Å². The number of imidazole rings is 1. The highest BCUT2D eigenvalue weighted by Gasteiger charge is 2.26. The largest absolute Gasteiger partial charge is 0.326 e. The molecule has 1 aliphatic rings. The summed E-state index contributed by atoms with van der Waals surface area (Å²) in [6, 6.07) is 9.21. The molecule has 0 aliphatic heterocycles. The topological polar surface area (TPSA) is 81.8 Å².